The van der Waals surface area contributed by atoms with E-state index in [9.17, 15) is 4.79 Å². The molecule has 0 aliphatic carbocycles. The van der Waals surface area contributed by atoms with Gasteiger partial charge in [0.2, 0.25) is 11.7 Å². The Morgan fingerprint density at radius 3 is 2.64 bits per heavy atom. The number of rotatable bonds is 3. The van der Waals surface area contributed by atoms with E-state index in [0.717, 1.165) is 47.7 Å². The van der Waals surface area contributed by atoms with Crippen molar-refractivity contribution < 1.29 is 9.32 Å². The van der Waals surface area contributed by atoms with E-state index >= 15 is 0 Å². The Morgan fingerprint density at radius 1 is 1.04 bits per heavy atom. The quantitative estimate of drug-likeness (QED) is 0.699. The fraction of sp³-hybridized carbons (Fsp3) is 0.333. The van der Waals surface area contributed by atoms with Crippen LogP contribution in [-0.4, -0.2) is 41.2 Å². The summed E-state index contributed by atoms with van der Waals surface area (Å²) in [6.45, 7) is 2.13. The minimum atomic E-state index is 0.144. The molecule has 2 aromatic heterocycles. The van der Waals surface area contributed by atoms with Gasteiger partial charge in [-0.2, -0.15) is 4.98 Å². The van der Waals surface area contributed by atoms with Crippen LogP contribution >= 0.6 is 0 Å². The highest BCUT2D eigenvalue weighted by Crippen LogP contribution is 2.31. The van der Waals surface area contributed by atoms with Crippen LogP contribution in [0.2, 0.25) is 0 Å². The highest BCUT2D eigenvalue weighted by molar-refractivity contribution is 5.96. The minimum Gasteiger partial charge on any atom is -0.357 e. The molecule has 0 bridgehead atoms. The molecule has 1 amide bonds. The molecule has 1 saturated heterocycles. The lowest BCUT2D eigenvalue weighted by Gasteiger charge is -2.25. The second-order valence-electron chi connectivity index (χ2n) is 7.32. The predicted octanol–water partition coefficient (Wildman–Crippen LogP) is 3.31. The van der Waals surface area contributed by atoms with Crippen LogP contribution in [0, 0.1) is 0 Å². The van der Waals surface area contributed by atoms with E-state index in [4.69, 9.17) is 4.52 Å². The molecule has 28 heavy (non-hydrogen) atoms. The van der Waals surface area contributed by atoms with E-state index in [1.165, 1.54) is 12.8 Å². The van der Waals surface area contributed by atoms with Crippen LogP contribution in [0.5, 0.6) is 0 Å². The van der Waals surface area contributed by atoms with Gasteiger partial charge >= 0.3 is 0 Å². The number of hydrogen-bond acceptors (Lipinski definition) is 6. The van der Waals surface area contributed by atoms with Crippen LogP contribution in [0.15, 0.2) is 41.1 Å². The second kappa shape index (κ2) is 6.74. The molecule has 0 N–H and O–H groups in total. The van der Waals surface area contributed by atoms with Gasteiger partial charge in [0.1, 0.15) is 5.82 Å². The Bertz CT molecular complexity index is 1020. The summed E-state index contributed by atoms with van der Waals surface area (Å²) in [6, 6.07) is 9.90. The van der Waals surface area contributed by atoms with Crippen molar-refractivity contribution in [2.24, 2.45) is 0 Å². The summed E-state index contributed by atoms with van der Waals surface area (Å²) in [7, 11) is 1.81. The van der Waals surface area contributed by atoms with Crippen LogP contribution in [-0.2, 0) is 11.2 Å². The van der Waals surface area contributed by atoms with E-state index < -0.39 is 0 Å². The number of aryl methyl sites for hydroxylation is 1. The summed E-state index contributed by atoms with van der Waals surface area (Å²) in [5.74, 6) is 2.14. The number of pyridine rings is 1. The molecular formula is C21H21N5O2. The maximum atomic E-state index is 11.9. The van der Waals surface area contributed by atoms with E-state index in [2.05, 4.69) is 20.0 Å². The predicted molar refractivity (Wildman–Crippen MR) is 106 cm³/mol. The van der Waals surface area contributed by atoms with Gasteiger partial charge in [-0.1, -0.05) is 5.16 Å². The highest BCUT2D eigenvalue weighted by Gasteiger charge is 2.22. The topological polar surface area (TPSA) is 75.4 Å². The first-order valence-corrected chi connectivity index (χ1v) is 9.64. The van der Waals surface area contributed by atoms with Gasteiger partial charge in [-0.25, -0.2) is 4.98 Å². The van der Waals surface area contributed by atoms with Gasteiger partial charge in [-0.3, -0.25) is 4.79 Å². The molecule has 7 heteroatoms. The number of nitrogens with zero attached hydrogens (tertiary/aromatic N) is 5. The van der Waals surface area contributed by atoms with E-state index in [-0.39, 0.29) is 5.91 Å². The summed E-state index contributed by atoms with van der Waals surface area (Å²) in [5, 5.41) is 4.12. The molecule has 4 heterocycles. The Balaban J connectivity index is 1.40. The Labute approximate surface area is 163 Å². The van der Waals surface area contributed by atoms with Gasteiger partial charge in [0.25, 0.3) is 5.89 Å². The Kier molecular flexibility index (Phi) is 4.07. The zero-order valence-corrected chi connectivity index (χ0v) is 15.8. The van der Waals surface area contributed by atoms with E-state index in [1.54, 1.807) is 11.1 Å². The summed E-state index contributed by atoms with van der Waals surface area (Å²) < 4.78 is 5.49. The first-order chi connectivity index (χ1) is 13.7. The summed E-state index contributed by atoms with van der Waals surface area (Å²) in [4.78, 5) is 25.0. The molecule has 5 rings (SSSR count). The summed E-state index contributed by atoms with van der Waals surface area (Å²) >= 11 is 0. The first kappa shape index (κ1) is 16.9. The second-order valence-corrected chi connectivity index (χ2v) is 7.32. The maximum Gasteiger partial charge on any atom is 0.258 e. The normalized spacial score (nSPS) is 16.5. The number of aromatic nitrogens is 3. The zero-order chi connectivity index (χ0) is 19.1. The van der Waals surface area contributed by atoms with Crippen LogP contribution in [0.1, 0.15) is 24.8 Å². The number of benzene rings is 1. The SMILES string of the molecule is CN1C(=O)CCc2cc(-c3nc(-c4ccc(N5CCCC5)nc4)no3)ccc21. The Morgan fingerprint density at radius 2 is 1.86 bits per heavy atom. The average molecular weight is 375 g/mol. The van der Waals surface area contributed by atoms with Crippen LogP contribution < -0.4 is 9.80 Å². The van der Waals surface area contributed by atoms with Crippen molar-refractivity contribution in [1.29, 1.82) is 0 Å². The molecule has 0 atom stereocenters. The number of hydrogen-bond donors (Lipinski definition) is 0. The van der Waals surface area contributed by atoms with Gasteiger partial charge < -0.3 is 14.3 Å². The smallest absolute Gasteiger partial charge is 0.258 e. The molecule has 0 saturated carbocycles. The number of fused-ring (bicyclic) bond motifs is 1. The Hall–Kier alpha value is -3.22. The van der Waals surface area contributed by atoms with Crippen molar-refractivity contribution in [3.05, 3.63) is 42.1 Å². The van der Waals surface area contributed by atoms with Crippen molar-refractivity contribution in [2.45, 2.75) is 25.7 Å². The number of carbonyl (C=O) groups excluding carboxylic acids is 1. The van der Waals surface area contributed by atoms with E-state index in [0.29, 0.717) is 18.1 Å². The third-order valence-electron chi connectivity index (χ3n) is 5.53. The first-order valence-electron chi connectivity index (χ1n) is 9.64. The van der Waals surface area contributed by atoms with Crippen LogP contribution in [0.3, 0.4) is 0 Å². The molecule has 1 aromatic carbocycles. The molecule has 1 fully saturated rings. The van der Waals surface area contributed by atoms with Crippen molar-refractivity contribution in [3.63, 3.8) is 0 Å². The monoisotopic (exact) mass is 375 g/mol. The van der Waals surface area contributed by atoms with E-state index in [1.807, 2.05) is 37.4 Å². The van der Waals surface area contributed by atoms with Crippen molar-refractivity contribution >= 4 is 17.4 Å². The van der Waals surface area contributed by atoms with Gasteiger partial charge in [0.15, 0.2) is 0 Å². The lowest BCUT2D eigenvalue weighted by Crippen LogP contribution is -2.30. The van der Waals surface area contributed by atoms with Crippen LogP contribution in [0.4, 0.5) is 11.5 Å². The van der Waals surface area contributed by atoms with Crippen LogP contribution in [0.25, 0.3) is 22.8 Å². The van der Waals surface area contributed by atoms with Gasteiger partial charge in [-0.15, -0.1) is 0 Å². The van der Waals surface area contributed by atoms with Gasteiger partial charge in [-0.05, 0) is 55.2 Å². The molecule has 0 unspecified atom stereocenters. The largest absolute Gasteiger partial charge is 0.357 e. The third-order valence-corrected chi connectivity index (χ3v) is 5.53. The molecule has 2 aliphatic heterocycles. The zero-order valence-electron chi connectivity index (χ0n) is 15.8. The molecule has 3 aromatic rings. The maximum absolute atomic E-state index is 11.9. The lowest BCUT2D eigenvalue weighted by atomic mass is 9.99. The minimum absolute atomic E-state index is 0.144. The summed E-state index contributed by atoms with van der Waals surface area (Å²) in [5.41, 5.74) is 3.76. The fourth-order valence-electron chi connectivity index (χ4n) is 3.90. The molecule has 0 spiro atoms. The van der Waals surface area contributed by atoms with Gasteiger partial charge in [0, 0.05) is 49.6 Å². The third kappa shape index (κ3) is 2.93. The molecular weight excluding hydrogens is 354 g/mol. The van der Waals surface area contributed by atoms with Crippen molar-refractivity contribution in [2.75, 3.05) is 29.9 Å². The molecule has 142 valence electrons. The standard InChI is InChI=1S/C21H21N5O2/c1-25-17-7-4-15(12-14(17)6-9-19(25)27)21-23-20(24-28-21)16-5-8-18(22-13-16)26-10-2-3-11-26/h4-5,7-8,12-13H,2-3,6,9-11H2,1H3. The lowest BCUT2D eigenvalue weighted by molar-refractivity contribution is -0.118. The van der Waals surface area contributed by atoms with Gasteiger partial charge in [0.05, 0.1) is 0 Å². The fourth-order valence-corrected chi connectivity index (χ4v) is 3.90. The molecule has 0 radical (unpaired) electrons. The number of amides is 1. The highest BCUT2D eigenvalue weighted by atomic mass is 16.5. The number of carbonyl (C=O) groups is 1. The summed E-state index contributed by atoms with van der Waals surface area (Å²) in [6.07, 6.45) is 5.51. The van der Waals surface area contributed by atoms with Crippen molar-refractivity contribution in [1.82, 2.24) is 15.1 Å². The molecule has 2 aliphatic rings. The van der Waals surface area contributed by atoms with Crippen molar-refractivity contribution in [3.8, 4) is 22.8 Å². The average Bonchev–Trinajstić information content (AvgIpc) is 3.43. The number of anilines is 2. The molecule has 7 nitrogen and oxygen atoms in total.